The van der Waals surface area contributed by atoms with Crippen molar-refractivity contribution in [1.82, 2.24) is 10.2 Å². The van der Waals surface area contributed by atoms with Crippen LogP contribution >= 0.6 is 15.8 Å². The van der Waals surface area contributed by atoms with Gasteiger partial charge in [-0.1, -0.05) is 121 Å². The van der Waals surface area contributed by atoms with Gasteiger partial charge in [-0.15, -0.1) is 0 Å². The van der Waals surface area contributed by atoms with Crippen LogP contribution in [0.1, 0.15) is 25.7 Å². The van der Waals surface area contributed by atoms with E-state index in [9.17, 15) is 34.5 Å². The van der Waals surface area contributed by atoms with Crippen LogP contribution in [-0.4, -0.2) is 114 Å². The summed E-state index contributed by atoms with van der Waals surface area (Å²) in [6, 6.07) is 40.9. The van der Waals surface area contributed by atoms with Crippen LogP contribution in [0.5, 0.6) is 0 Å². The smallest absolute Gasteiger partial charge is 0.318 e. The van der Waals surface area contributed by atoms with E-state index in [1.54, 1.807) is 0 Å². The molecule has 0 aliphatic carbocycles. The number of ether oxygens (including phenoxy) is 3. The molecule has 57 heavy (non-hydrogen) atoms. The molecule has 14 heteroatoms. The van der Waals surface area contributed by atoms with Crippen LogP contribution in [0, 0.1) is 0 Å². The molecule has 1 fully saturated rings. The molecule has 0 aromatic heterocycles. The van der Waals surface area contributed by atoms with Crippen molar-refractivity contribution in [1.29, 1.82) is 0 Å². The highest BCUT2D eigenvalue weighted by Gasteiger charge is 2.44. The average molecular weight is 817 g/mol. The van der Waals surface area contributed by atoms with E-state index in [0.29, 0.717) is 12.7 Å². The van der Waals surface area contributed by atoms with Crippen molar-refractivity contribution in [3.63, 3.8) is 0 Å². The second kappa shape index (κ2) is 22.3. The molecule has 2 amide bonds. The molecule has 0 radical (unpaired) electrons. The average Bonchev–Trinajstić information content (AvgIpc) is 3.63. The number of likely N-dealkylation sites (tertiary alicyclic amines) is 1. The quantitative estimate of drug-likeness (QED) is 0.0612. The summed E-state index contributed by atoms with van der Waals surface area (Å²) in [4.78, 5) is 50.9. The van der Waals surface area contributed by atoms with Gasteiger partial charge >= 0.3 is 23.9 Å². The van der Waals surface area contributed by atoms with Crippen LogP contribution in [0.3, 0.4) is 0 Å². The molecule has 1 aliphatic heterocycles. The van der Waals surface area contributed by atoms with Gasteiger partial charge in [0.1, 0.15) is 5.54 Å². The van der Waals surface area contributed by atoms with Crippen molar-refractivity contribution in [2.75, 3.05) is 52.3 Å². The monoisotopic (exact) mass is 816 g/mol. The van der Waals surface area contributed by atoms with Gasteiger partial charge in [0.15, 0.2) is 0 Å². The van der Waals surface area contributed by atoms with Crippen LogP contribution in [0.25, 0.3) is 0 Å². The number of rotatable bonds is 23. The SMILES string of the molecule is O=C(O)CCOCC(COCCC(=O)O)(COCCC(=O)O)NC(=O)N1C[C@@H](P(c2ccccc2)c2ccccc2)C[C@H]1CP(c1ccccc1)c1ccccc1. The molecule has 2 atom stereocenters. The predicted octanol–water partition coefficient (Wildman–Crippen LogP) is 4.62. The summed E-state index contributed by atoms with van der Waals surface area (Å²) in [7, 11) is -1.81. The van der Waals surface area contributed by atoms with Crippen molar-refractivity contribution in [3.05, 3.63) is 121 Å². The Morgan fingerprint density at radius 2 is 0.965 bits per heavy atom. The summed E-state index contributed by atoms with van der Waals surface area (Å²) in [5.41, 5.74) is -1.33. The van der Waals surface area contributed by atoms with E-state index in [1.165, 1.54) is 21.2 Å². The maximum Gasteiger partial charge on any atom is 0.318 e. The Morgan fingerprint density at radius 3 is 1.33 bits per heavy atom. The van der Waals surface area contributed by atoms with Gasteiger partial charge in [-0.05, 0) is 49.6 Å². The van der Waals surface area contributed by atoms with Crippen LogP contribution in [0.2, 0.25) is 0 Å². The summed E-state index contributed by atoms with van der Waals surface area (Å²) < 4.78 is 17.4. The summed E-state index contributed by atoms with van der Waals surface area (Å²) >= 11 is 0. The minimum Gasteiger partial charge on any atom is -0.481 e. The second-order valence-electron chi connectivity index (χ2n) is 13.8. The number of aliphatic carboxylic acids is 3. The molecule has 0 bridgehead atoms. The molecule has 0 unspecified atom stereocenters. The number of amides is 2. The predicted molar refractivity (Wildman–Crippen MR) is 222 cm³/mol. The van der Waals surface area contributed by atoms with Crippen LogP contribution < -0.4 is 26.5 Å². The normalized spacial score (nSPS) is 15.5. The number of carbonyl (C=O) groups is 4. The molecule has 4 aromatic carbocycles. The van der Waals surface area contributed by atoms with Crippen molar-refractivity contribution in [2.24, 2.45) is 0 Å². The largest absolute Gasteiger partial charge is 0.481 e. The van der Waals surface area contributed by atoms with E-state index in [4.69, 9.17) is 14.2 Å². The maximum atomic E-state index is 15.0. The Morgan fingerprint density at radius 1 is 0.596 bits per heavy atom. The molecule has 0 spiro atoms. The van der Waals surface area contributed by atoms with E-state index < -0.39 is 45.3 Å². The third-order valence-corrected chi connectivity index (χ3v) is 14.9. The van der Waals surface area contributed by atoms with E-state index in [0.717, 1.165) is 6.42 Å². The highest BCUT2D eigenvalue weighted by Crippen LogP contribution is 2.48. The van der Waals surface area contributed by atoms with Gasteiger partial charge in [-0.3, -0.25) is 14.4 Å². The molecule has 1 aliphatic rings. The zero-order valence-electron chi connectivity index (χ0n) is 31.7. The van der Waals surface area contributed by atoms with E-state index in [-0.39, 0.29) is 70.6 Å². The maximum absolute atomic E-state index is 15.0. The summed E-state index contributed by atoms with van der Waals surface area (Å²) in [6.07, 6.45) is 0.556. The van der Waals surface area contributed by atoms with Crippen molar-refractivity contribution in [3.8, 4) is 0 Å². The topological polar surface area (TPSA) is 172 Å². The second-order valence-corrected chi connectivity index (χ2v) is 18.6. The first-order valence-electron chi connectivity index (χ1n) is 18.9. The van der Waals surface area contributed by atoms with E-state index in [1.807, 2.05) is 77.7 Å². The lowest BCUT2D eigenvalue weighted by molar-refractivity contribution is -0.139. The Bertz CT molecular complexity index is 1720. The molecule has 5 rings (SSSR count). The number of carboxylic acid groups (broad SMARTS) is 3. The number of urea groups is 1. The molecule has 4 aromatic rings. The third-order valence-electron chi connectivity index (χ3n) is 9.50. The highest BCUT2D eigenvalue weighted by atomic mass is 31.1. The highest BCUT2D eigenvalue weighted by molar-refractivity contribution is 7.74. The van der Waals surface area contributed by atoms with Crippen molar-refractivity contribution < 1.29 is 48.7 Å². The standard InChI is InChI=1S/C43H50N2O10P2/c46-39(47)21-24-53-30-43(31-54-25-22-40(48)49,32-55-26-23-41(50)51)44-42(52)45-28-38(57(36-17-9-3-10-18-36)37-19-11-4-12-20-37)27-33(45)29-56(34-13-5-1-6-14-34)35-15-7-2-8-16-35/h1-20,33,38H,21-32H2,(H,44,52)(H,46,47)(H,48,49)(H,50,51)/t33-,38-/m0/s1. The molecular formula is C43H50N2O10P2. The van der Waals surface area contributed by atoms with Crippen LogP contribution in [-0.2, 0) is 28.6 Å². The van der Waals surface area contributed by atoms with E-state index >= 15 is 0 Å². The van der Waals surface area contributed by atoms with Gasteiger partial charge in [0.25, 0.3) is 0 Å². The Kier molecular flexibility index (Phi) is 17.0. The van der Waals surface area contributed by atoms with Gasteiger partial charge in [0, 0.05) is 18.2 Å². The summed E-state index contributed by atoms with van der Waals surface area (Å²) in [5.74, 6) is -3.19. The molecule has 0 saturated carbocycles. The van der Waals surface area contributed by atoms with Crippen molar-refractivity contribution in [2.45, 2.75) is 42.9 Å². The summed E-state index contributed by atoms with van der Waals surface area (Å²) in [5, 5.41) is 35.7. The molecule has 12 nitrogen and oxygen atoms in total. The Labute approximate surface area is 335 Å². The fraction of sp³-hybridized carbons (Fsp3) is 0.349. The fourth-order valence-electron chi connectivity index (χ4n) is 6.85. The Balaban J connectivity index is 1.52. The van der Waals surface area contributed by atoms with Gasteiger partial charge in [0.05, 0.1) is 58.9 Å². The van der Waals surface area contributed by atoms with Crippen LogP contribution in [0.15, 0.2) is 121 Å². The van der Waals surface area contributed by atoms with Crippen LogP contribution in [0.4, 0.5) is 4.79 Å². The minimum atomic E-state index is -1.41. The molecule has 1 heterocycles. The van der Waals surface area contributed by atoms with E-state index in [2.05, 4.69) is 53.8 Å². The van der Waals surface area contributed by atoms with Gasteiger partial charge < -0.3 is 39.7 Å². The lowest BCUT2D eigenvalue weighted by Crippen LogP contribution is -2.62. The minimum absolute atomic E-state index is 0.0868. The fourth-order valence-corrected chi connectivity index (χ4v) is 12.3. The van der Waals surface area contributed by atoms with Gasteiger partial charge in [0.2, 0.25) is 0 Å². The number of nitrogens with zero attached hydrogens (tertiary/aromatic N) is 1. The number of hydrogen-bond donors (Lipinski definition) is 4. The first-order valence-corrected chi connectivity index (χ1v) is 21.8. The first-order chi connectivity index (χ1) is 27.6. The number of nitrogens with one attached hydrogen (secondary N) is 1. The van der Waals surface area contributed by atoms with Gasteiger partial charge in [-0.2, -0.15) is 0 Å². The lowest BCUT2D eigenvalue weighted by Gasteiger charge is -2.37. The molecule has 302 valence electrons. The zero-order chi connectivity index (χ0) is 40.5. The Hall–Kier alpha value is -4.70. The lowest BCUT2D eigenvalue weighted by atomic mass is 10.0. The zero-order valence-corrected chi connectivity index (χ0v) is 33.5. The number of carbonyl (C=O) groups excluding carboxylic acids is 1. The number of carboxylic acids is 3. The third kappa shape index (κ3) is 13.4. The van der Waals surface area contributed by atoms with Gasteiger partial charge in [-0.25, -0.2) is 4.79 Å². The number of benzene rings is 4. The number of hydrogen-bond acceptors (Lipinski definition) is 7. The summed E-state index contributed by atoms with van der Waals surface area (Å²) in [6.45, 7) is -0.733. The van der Waals surface area contributed by atoms with Crippen molar-refractivity contribution >= 4 is 61.0 Å². The molecule has 1 saturated heterocycles. The molecular weight excluding hydrogens is 766 g/mol. The molecule has 4 N–H and O–H groups in total. The first kappa shape index (κ1) is 43.4.